The number of hydrogen-bond donors (Lipinski definition) is 1. The highest BCUT2D eigenvalue weighted by Gasteiger charge is 2.27. The van der Waals surface area contributed by atoms with Crippen molar-refractivity contribution >= 4 is 41.9 Å². The number of hydrogen-bond acceptors (Lipinski definition) is 2. The number of benzene rings is 1. The fourth-order valence-corrected chi connectivity index (χ4v) is 5.32. The van der Waals surface area contributed by atoms with E-state index in [0.29, 0.717) is 15.3 Å². The number of halogens is 2. The predicted octanol–water partition coefficient (Wildman–Crippen LogP) is 4.07. The Morgan fingerprint density at radius 2 is 1.89 bits per heavy atom. The summed E-state index contributed by atoms with van der Waals surface area (Å²) in [5.74, 6) is 0.398. The van der Waals surface area contributed by atoms with Crippen LogP contribution in [0.3, 0.4) is 0 Å². The Morgan fingerprint density at radius 3 is 2.58 bits per heavy atom. The molecular formula is C13H17Br2NO2S. The largest absolute Gasteiger partial charge is 0.241 e. The summed E-state index contributed by atoms with van der Waals surface area (Å²) in [5.41, 5.74) is 0. The molecule has 2 rings (SSSR count). The first-order valence-corrected chi connectivity index (χ1v) is 9.44. The van der Waals surface area contributed by atoms with Crippen LogP contribution >= 0.6 is 31.9 Å². The van der Waals surface area contributed by atoms with Gasteiger partial charge < -0.3 is 0 Å². The van der Waals surface area contributed by atoms with Gasteiger partial charge in [-0.05, 0) is 52.9 Å². The van der Waals surface area contributed by atoms with Crippen molar-refractivity contribution in [1.29, 1.82) is 0 Å². The van der Waals surface area contributed by atoms with Crippen LogP contribution in [0.15, 0.2) is 32.0 Å². The highest BCUT2D eigenvalue weighted by molar-refractivity contribution is 9.11. The molecule has 0 unspecified atom stereocenters. The topological polar surface area (TPSA) is 46.2 Å². The van der Waals surface area contributed by atoms with Crippen LogP contribution in [0.1, 0.15) is 32.6 Å². The Labute approximate surface area is 131 Å². The summed E-state index contributed by atoms with van der Waals surface area (Å²) in [6.45, 7) is 2.11. The zero-order valence-electron chi connectivity index (χ0n) is 10.7. The molecule has 0 radical (unpaired) electrons. The maximum Gasteiger partial charge on any atom is 0.241 e. The van der Waals surface area contributed by atoms with Crippen LogP contribution in [0.4, 0.5) is 0 Å². The molecule has 0 bridgehead atoms. The lowest BCUT2D eigenvalue weighted by Crippen LogP contribution is -2.41. The average molecular weight is 411 g/mol. The lowest BCUT2D eigenvalue weighted by molar-refractivity contribution is 0.310. The van der Waals surface area contributed by atoms with Crippen LogP contribution in [0.25, 0.3) is 0 Å². The van der Waals surface area contributed by atoms with Gasteiger partial charge in [0.25, 0.3) is 0 Å². The second-order valence-electron chi connectivity index (χ2n) is 5.06. The molecule has 1 aromatic carbocycles. The molecule has 6 heteroatoms. The molecule has 0 saturated heterocycles. The third-order valence-corrected chi connectivity index (χ3v) is 6.58. The van der Waals surface area contributed by atoms with Gasteiger partial charge in [-0.2, -0.15) is 0 Å². The van der Waals surface area contributed by atoms with Crippen molar-refractivity contribution in [2.45, 2.75) is 43.5 Å². The first-order valence-electron chi connectivity index (χ1n) is 6.37. The normalized spacial score (nSPS) is 24.4. The summed E-state index contributed by atoms with van der Waals surface area (Å²) in [4.78, 5) is 0.291. The third-order valence-electron chi connectivity index (χ3n) is 3.60. The van der Waals surface area contributed by atoms with Gasteiger partial charge >= 0.3 is 0 Å². The molecule has 19 heavy (non-hydrogen) atoms. The quantitative estimate of drug-likeness (QED) is 0.816. The second kappa shape index (κ2) is 6.24. The SMILES string of the molecule is C[C@@H]1CCCC[C@H]1NS(=O)(=O)c1cc(Br)ccc1Br. The Kier molecular flexibility index (Phi) is 5.09. The molecule has 106 valence electrons. The van der Waals surface area contributed by atoms with Crippen molar-refractivity contribution in [1.82, 2.24) is 4.72 Å². The molecule has 1 N–H and O–H groups in total. The van der Waals surface area contributed by atoms with Gasteiger partial charge in [0, 0.05) is 15.0 Å². The minimum absolute atomic E-state index is 0.0460. The van der Waals surface area contributed by atoms with E-state index in [2.05, 4.69) is 43.5 Å². The van der Waals surface area contributed by atoms with E-state index in [9.17, 15) is 8.42 Å². The molecule has 0 spiro atoms. The van der Waals surface area contributed by atoms with Gasteiger partial charge in [0.05, 0.1) is 4.90 Å². The smallest absolute Gasteiger partial charge is 0.208 e. The maximum atomic E-state index is 12.5. The highest BCUT2D eigenvalue weighted by Crippen LogP contribution is 2.29. The van der Waals surface area contributed by atoms with E-state index in [1.165, 1.54) is 6.42 Å². The van der Waals surface area contributed by atoms with E-state index in [-0.39, 0.29) is 6.04 Å². The molecule has 0 aromatic heterocycles. The molecule has 1 fully saturated rings. The third kappa shape index (κ3) is 3.80. The van der Waals surface area contributed by atoms with Crippen molar-refractivity contribution in [3.05, 3.63) is 27.1 Å². The second-order valence-corrected chi connectivity index (χ2v) is 8.52. The molecule has 1 aromatic rings. The molecule has 1 aliphatic rings. The summed E-state index contributed by atoms with van der Waals surface area (Å²) in [7, 11) is -3.47. The molecule has 0 amide bonds. The molecule has 1 aliphatic carbocycles. The Hall–Kier alpha value is 0.0900. The van der Waals surface area contributed by atoms with Gasteiger partial charge in [-0.1, -0.05) is 35.7 Å². The zero-order chi connectivity index (χ0) is 14.0. The lowest BCUT2D eigenvalue weighted by Gasteiger charge is -2.29. The first kappa shape index (κ1) is 15.5. The number of sulfonamides is 1. The summed E-state index contributed by atoms with van der Waals surface area (Å²) < 4.78 is 29.1. The Bertz CT molecular complexity index is 560. The zero-order valence-corrected chi connectivity index (χ0v) is 14.7. The Morgan fingerprint density at radius 1 is 1.21 bits per heavy atom. The maximum absolute atomic E-state index is 12.5. The van der Waals surface area contributed by atoms with Crippen molar-refractivity contribution in [2.75, 3.05) is 0 Å². The van der Waals surface area contributed by atoms with Crippen LogP contribution in [-0.4, -0.2) is 14.5 Å². The molecular weight excluding hydrogens is 394 g/mol. The summed E-state index contributed by atoms with van der Waals surface area (Å²) in [6.07, 6.45) is 4.30. The van der Waals surface area contributed by atoms with E-state index in [0.717, 1.165) is 23.7 Å². The fourth-order valence-electron chi connectivity index (χ4n) is 2.44. The number of nitrogens with one attached hydrogen (secondary N) is 1. The Balaban J connectivity index is 2.24. The van der Waals surface area contributed by atoms with E-state index in [4.69, 9.17) is 0 Å². The van der Waals surface area contributed by atoms with Gasteiger partial charge in [-0.3, -0.25) is 0 Å². The lowest BCUT2D eigenvalue weighted by atomic mass is 9.87. The van der Waals surface area contributed by atoms with E-state index >= 15 is 0 Å². The minimum atomic E-state index is -3.47. The van der Waals surface area contributed by atoms with Crippen molar-refractivity contribution in [3.8, 4) is 0 Å². The fraction of sp³-hybridized carbons (Fsp3) is 0.538. The van der Waals surface area contributed by atoms with Crippen LogP contribution < -0.4 is 4.72 Å². The van der Waals surface area contributed by atoms with Crippen LogP contribution in [0.5, 0.6) is 0 Å². The van der Waals surface area contributed by atoms with Gasteiger partial charge in [-0.15, -0.1) is 0 Å². The summed E-state index contributed by atoms with van der Waals surface area (Å²) in [6, 6.07) is 5.22. The van der Waals surface area contributed by atoms with Crippen LogP contribution in [-0.2, 0) is 10.0 Å². The number of rotatable bonds is 3. The predicted molar refractivity (Wildman–Crippen MR) is 83.6 cm³/mol. The first-order chi connectivity index (χ1) is 8.90. The van der Waals surface area contributed by atoms with E-state index in [1.54, 1.807) is 12.1 Å². The molecule has 0 heterocycles. The molecule has 3 nitrogen and oxygen atoms in total. The molecule has 2 atom stereocenters. The monoisotopic (exact) mass is 409 g/mol. The minimum Gasteiger partial charge on any atom is -0.208 e. The standard InChI is InChI=1S/C13H17Br2NO2S/c1-9-4-2-3-5-12(9)16-19(17,18)13-8-10(14)6-7-11(13)15/h6-9,12,16H,2-5H2,1H3/t9-,12-/m1/s1. The van der Waals surface area contributed by atoms with Gasteiger partial charge in [0.15, 0.2) is 0 Å². The van der Waals surface area contributed by atoms with Gasteiger partial charge in [-0.25, -0.2) is 13.1 Å². The average Bonchev–Trinajstić information content (AvgIpc) is 2.35. The van der Waals surface area contributed by atoms with Gasteiger partial charge in [0.2, 0.25) is 10.0 Å². The van der Waals surface area contributed by atoms with Crippen LogP contribution in [0, 0.1) is 5.92 Å². The molecule has 0 aliphatic heterocycles. The van der Waals surface area contributed by atoms with Gasteiger partial charge in [0.1, 0.15) is 0 Å². The van der Waals surface area contributed by atoms with E-state index in [1.807, 2.05) is 6.07 Å². The highest BCUT2D eigenvalue weighted by atomic mass is 79.9. The summed E-state index contributed by atoms with van der Waals surface area (Å²) >= 11 is 6.62. The van der Waals surface area contributed by atoms with Crippen LogP contribution in [0.2, 0.25) is 0 Å². The van der Waals surface area contributed by atoms with Crippen molar-refractivity contribution in [3.63, 3.8) is 0 Å². The summed E-state index contributed by atoms with van der Waals surface area (Å²) in [5, 5.41) is 0. The molecule has 1 saturated carbocycles. The van der Waals surface area contributed by atoms with E-state index < -0.39 is 10.0 Å². The van der Waals surface area contributed by atoms with Crippen molar-refractivity contribution < 1.29 is 8.42 Å². The van der Waals surface area contributed by atoms with Crippen molar-refractivity contribution in [2.24, 2.45) is 5.92 Å².